The average Bonchev–Trinajstić information content (AvgIpc) is 2.34. The molecule has 0 aromatic heterocycles. The van der Waals surface area contributed by atoms with E-state index in [2.05, 4.69) is 4.72 Å². The maximum Gasteiger partial charge on any atom is 0.416 e. The molecule has 0 radical (unpaired) electrons. The molecule has 4 nitrogen and oxygen atoms in total. The van der Waals surface area contributed by atoms with Crippen molar-refractivity contribution in [1.82, 2.24) is 4.72 Å². The Bertz CT molecular complexity index is 586. The Kier molecular flexibility index (Phi) is 5.77. The van der Waals surface area contributed by atoms with E-state index in [1.165, 1.54) is 6.07 Å². The molecule has 0 fully saturated rings. The van der Waals surface area contributed by atoms with Gasteiger partial charge in [0.15, 0.2) is 0 Å². The number of hydrogen-bond acceptors (Lipinski definition) is 3. The fourth-order valence-corrected chi connectivity index (χ4v) is 3.57. The van der Waals surface area contributed by atoms with Crippen LogP contribution < -0.4 is 10.5 Å². The first kappa shape index (κ1) is 17.9. The lowest BCUT2D eigenvalue weighted by Crippen LogP contribution is -2.33. The van der Waals surface area contributed by atoms with Gasteiger partial charge in [0.25, 0.3) is 0 Å². The quantitative estimate of drug-likeness (QED) is 0.844. The van der Waals surface area contributed by atoms with Gasteiger partial charge in [-0.05, 0) is 50.9 Å². The van der Waals surface area contributed by atoms with E-state index in [0.717, 1.165) is 19.1 Å². The maximum atomic E-state index is 12.8. The molecule has 21 heavy (non-hydrogen) atoms. The van der Waals surface area contributed by atoms with E-state index in [4.69, 9.17) is 5.73 Å². The molecule has 120 valence electrons. The summed E-state index contributed by atoms with van der Waals surface area (Å²) in [6.45, 7) is 3.23. The molecular weight excluding hydrogens is 305 g/mol. The first-order valence-electron chi connectivity index (χ1n) is 6.49. The summed E-state index contributed by atoms with van der Waals surface area (Å²) in [5.74, 6) is 0. The molecule has 3 N–H and O–H groups in total. The van der Waals surface area contributed by atoms with Gasteiger partial charge in [0.05, 0.1) is 10.5 Å². The smallest absolute Gasteiger partial charge is 0.330 e. The Hall–Kier alpha value is -1.12. The van der Waals surface area contributed by atoms with Crippen LogP contribution in [0.3, 0.4) is 0 Å². The molecule has 1 aromatic carbocycles. The SMILES string of the molecule is Cc1c(C(F)(F)F)cccc1S(=O)(=O)NC(C)CCCN. The zero-order valence-corrected chi connectivity index (χ0v) is 12.7. The van der Waals surface area contributed by atoms with E-state index in [0.29, 0.717) is 19.4 Å². The van der Waals surface area contributed by atoms with Gasteiger partial charge in [-0.15, -0.1) is 0 Å². The number of benzene rings is 1. The van der Waals surface area contributed by atoms with Crippen molar-refractivity contribution in [2.45, 2.75) is 43.8 Å². The van der Waals surface area contributed by atoms with E-state index in [-0.39, 0.29) is 10.5 Å². The number of hydrogen-bond donors (Lipinski definition) is 2. The predicted octanol–water partition coefficient (Wildman–Crippen LogP) is 2.42. The van der Waals surface area contributed by atoms with Crippen molar-refractivity contribution >= 4 is 10.0 Å². The van der Waals surface area contributed by atoms with Crippen LogP contribution >= 0.6 is 0 Å². The van der Waals surface area contributed by atoms with Gasteiger partial charge in [0.1, 0.15) is 0 Å². The molecule has 0 saturated heterocycles. The largest absolute Gasteiger partial charge is 0.416 e. The fraction of sp³-hybridized carbons (Fsp3) is 0.538. The van der Waals surface area contributed by atoms with E-state index >= 15 is 0 Å². The second-order valence-corrected chi connectivity index (χ2v) is 6.56. The van der Waals surface area contributed by atoms with Gasteiger partial charge < -0.3 is 5.73 Å². The standard InChI is InChI=1S/C13H19F3N2O2S/c1-9(5-4-8-17)18-21(19,20)12-7-3-6-11(10(12)2)13(14,15)16/h3,6-7,9,18H,4-5,8,17H2,1-2H3. The second kappa shape index (κ2) is 6.76. The van der Waals surface area contributed by atoms with E-state index in [1.54, 1.807) is 6.92 Å². The lowest BCUT2D eigenvalue weighted by atomic mass is 10.1. The summed E-state index contributed by atoms with van der Waals surface area (Å²) in [6, 6.07) is 2.73. The molecule has 1 atom stereocenters. The van der Waals surface area contributed by atoms with Crippen LogP contribution in [0.25, 0.3) is 0 Å². The second-order valence-electron chi connectivity index (χ2n) is 4.88. The van der Waals surface area contributed by atoms with E-state index in [1.807, 2.05) is 0 Å². The van der Waals surface area contributed by atoms with Crippen LogP contribution in [0.2, 0.25) is 0 Å². The van der Waals surface area contributed by atoms with E-state index < -0.39 is 27.8 Å². The fourth-order valence-electron chi connectivity index (χ4n) is 2.02. The monoisotopic (exact) mass is 324 g/mol. The first-order chi connectivity index (χ1) is 9.59. The normalized spacial score (nSPS) is 14.2. The zero-order valence-electron chi connectivity index (χ0n) is 11.9. The highest BCUT2D eigenvalue weighted by Crippen LogP contribution is 2.34. The van der Waals surface area contributed by atoms with E-state index in [9.17, 15) is 21.6 Å². The summed E-state index contributed by atoms with van der Waals surface area (Å²) in [4.78, 5) is -0.350. The van der Waals surface area contributed by atoms with Crippen molar-refractivity contribution in [3.63, 3.8) is 0 Å². The molecule has 8 heteroatoms. The zero-order chi connectivity index (χ0) is 16.3. The van der Waals surface area contributed by atoms with Crippen molar-refractivity contribution in [2.24, 2.45) is 5.73 Å². The number of nitrogens with two attached hydrogens (primary N) is 1. The molecule has 0 saturated carbocycles. The highest BCUT2D eigenvalue weighted by Gasteiger charge is 2.34. The molecule has 0 aliphatic heterocycles. The molecule has 1 aromatic rings. The number of rotatable bonds is 6. The van der Waals surface area contributed by atoms with Crippen LogP contribution in [0.15, 0.2) is 23.1 Å². The summed E-state index contributed by atoms with van der Waals surface area (Å²) in [5.41, 5.74) is 4.09. The van der Waals surface area contributed by atoms with Crippen LogP contribution in [0.1, 0.15) is 30.9 Å². The Balaban J connectivity index is 3.10. The maximum absolute atomic E-state index is 12.8. The molecule has 0 aliphatic carbocycles. The molecular formula is C13H19F3N2O2S. The molecule has 0 bridgehead atoms. The van der Waals surface area contributed by atoms with Crippen LogP contribution in [0, 0.1) is 6.92 Å². The minimum absolute atomic E-state index is 0.302. The highest BCUT2D eigenvalue weighted by molar-refractivity contribution is 7.89. The van der Waals surface area contributed by atoms with Gasteiger partial charge in [0.2, 0.25) is 10.0 Å². The van der Waals surface area contributed by atoms with Crippen LogP contribution in [-0.4, -0.2) is 21.0 Å². The number of sulfonamides is 1. The highest BCUT2D eigenvalue weighted by atomic mass is 32.2. The summed E-state index contributed by atoms with van der Waals surface area (Å²) < 4.78 is 65.2. The Morgan fingerprint density at radius 1 is 1.33 bits per heavy atom. The van der Waals surface area contributed by atoms with Crippen LogP contribution in [-0.2, 0) is 16.2 Å². The van der Waals surface area contributed by atoms with Crippen molar-refractivity contribution in [1.29, 1.82) is 0 Å². The van der Waals surface area contributed by atoms with Crippen molar-refractivity contribution in [3.05, 3.63) is 29.3 Å². The number of alkyl halides is 3. The average molecular weight is 324 g/mol. The molecule has 0 amide bonds. The number of halogens is 3. The van der Waals surface area contributed by atoms with Gasteiger partial charge in [-0.3, -0.25) is 0 Å². The van der Waals surface area contributed by atoms with Crippen molar-refractivity contribution < 1.29 is 21.6 Å². The first-order valence-corrected chi connectivity index (χ1v) is 7.97. The minimum Gasteiger partial charge on any atom is -0.330 e. The summed E-state index contributed by atoms with van der Waals surface area (Å²) in [5, 5.41) is 0. The minimum atomic E-state index is -4.58. The van der Waals surface area contributed by atoms with Gasteiger partial charge in [0, 0.05) is 6.04 Å². The third-order valence-corrected chi connectivity index (χ3v) is 4.81. The summed E-state index contributed by atoms with van der Waals surface area (Å²) >= 11 is 0. The van der Waals surface area contributed by atoms with Crippen molar-refractivity contribution in [3.8, 4) is 0 Å². The topological polar surface area (TPSA) is 72.2 Å². The van der Waals surface area contributed by atoms with Gasteiger partial charge in [-0.25, -0.2) is 13.1 Å². The third-order valence-electron chi connectivity index (χ3n) is 3.08. The van der Waals surface area contributed by atoms with Gasteiger partial charge >= 0.3 is 6.18 Å². The van der Waals surface area contributed by atoms with Crippen molar-refractivity contribution in [2.75, 3.05) is 6.54 Å². The molecule has 0 spiro atoms. The lowest BCUT2D eigenvalue weighted by molar-refractivity contribution is -0.138. The Morgan fingerprint density at radius 3 is 2.48 bits per heavy atom. The molecule has 0 aliphatic rings. The van der Waals surface area contributed by atoms with Gasteiger partial charge in [-0.1, -0.05) is 6.07 Å². The third kappa shape index (κ3) is 4.69. The van der Waals surface area contributed by atoms with Crippen LogP contribution in [0.5, 0.6) is 0 Å². The molecule has 1 rings (SSSR count). The number of nitrogens with one attached hydrogen (secondary N) is 1. The summed E-state index contributed by atoms with van der Waals surface area (Å²) in [7, 11) is -3.99. The van der Waals surface area contributed by atoms with Crippen LogP contribution in [0.4, 0.5) is 13.2 Å². The lowest BCUT2D eigenvalue weighted by Gasteiger charge is -2.17. The Labute approximate surface area is 122 Å². The summed E-state index contributed by atoms with van der Waals surface area (Å²) in [6.07, 6.45) is -3.43. The predicted molar refractivity (Wildman–Crippen MR) is 74.3 cm³/mol. The Morgan fingerprint density at radius 2 is 1.95 bits per heavy atom. The van der Waals surface area contributed by atoms with Gasteiger partial charge in [-0.2, -0.15) is 13.2 Å². The molecule has 0 heterocycles. The molecule has 1 unspecified atom stereocenters.